The van der Waals surface area contributed by atoms with Crippen LogP contribution in [-0.2, 0) is 11.2 Å². The van der Waals surface area contributed by atoms with Crippen LogP contribution in [0.4, 0.5) is 5.69 Å². The van der Waals surface area contributed by atoms with Crippen LogP contribution < -0.4 is 5.32 Å². The lowest BCUT2D eigenvalue weighted by atomic mass is 9.97. The monoisotopic (exact) mass is 264 g/mol. The molecule has 1 aliphatic heterocycles. The number of aliphatic hydroxyl groups excluding tert-OH is 2. The van der Waals surface area contributed by atoms with Crippen LogP contribution in [-0.4, -0.2) is 53.4 Å². The van der Waals surface area contributed by atoms with E-state index in [1.165, 1.54) is 10.5 Å². The molecular formula is C14H20N2O3. The Morgan fingerprint density at radius 3 is 2.63 bits per heavy atom. The number of para-hydroxylation sites is 1. The van der Waals surface area contributed by atoms with Crippen molar-refractivity contribution in [1.82, 2.24) is 4.90 Å². The minimum atomic E-state index is -0.270. The second-order valence-corrected chi connectivity index (χ2v) is 4.67. The molecule has 3 N–H and O–H groups in total. The van der Waals surface area contributed by atoms with E-state index in [0.29, 0.717) is 0 Å². The van der Waals surface area contributed by atoms with E-state index >= 15 is 0 Å². The number of nitrogens with zero attached hydrogens (tertiary/aromatic N) is 1. The summed E-state index contributed by atoms with van der Waals surface area (Å²) in [5.74, 6) is -0.0578. The molecule has 104 valence electrons. The van der Waals surface area contributed by atoms with Crippen molar-refractivity contribution in [3.05, 3.63) is 29.8 Å². The molecule has 2 rings (SSSR count). The van der Waals surface area contributed by atoms with Crippen LogP contribution in [0.25, 0.3) is 0 Å². The molecule has 1 amide bonds. The highest BCUT2D eigenvalue weighted by atomic mass is 16.3. The molecule has 0 aliphatic carbocycles. The van der Waals surface area contributed by atoms with Crippen molar-refractivity contribution >= 4 is 11.6 Å². The third-order valence-electron chi connectivity index (χ3n) is 3.40. The average molecular weight is 264 g/mol. The fourth-order valence-corrected chi connectivity index (χ4v) is 2.42. The Morgan fingerprint density at radius 2 is 1.95 bits per heavy atom. The maximum Gasteiger partial charge on any atom is 0.245 e. The molecule has 0 radical (unpaired) electrons. The van der Waals surface area contributed by atoms with E-state index in [0.717, 1.165) is 18.5 Å². The number of amides is 1. The molecule has 5 heteroatoms. The molecule has 1 unspecified atom stereocenters. The predicted molar refractivity (Wildman–Crippen MR) is 72.9 cm³/mol. The third kappa shape index (κ3) is 3.24. The minimum Gasteiger partial charge on any atom is -0.395 e. The molecule has 1 atom stereocenters. The molecule has 1 aliphatic rings. The van der Waals surface area contributed by atoms with Gasteiger partial charge in [0.2, 0.25) is 5.91 Å². The maximum atomic E-state index is 12.3. The number of fused-ring (bicyclic) bond motifs is 1. The molecule has 1 heterocycles. The smallest absolute Gasteiger partial charge is 0.245 e. The van der Waals surface area contributed by atoms with Gasteiger partial charge in [0, 0.05) is 18.8 Å². The number of rotatable bonds is 5. The minimum absolute atomic E-state index is 0.0578. The van der Waals surface area contributed by atoms with Crippen LogP contribution in [0, 0.1) is 0 Å². The van der Waals surface area contributed by atoms with E-state index in [1.807, 2.05) is 18.2 Å². The van der Waals surface area contributed by atoms with Crippen molar-refractivity contribution < 1.29 is 15.0 Å². The van der Waals surface area contributed by atoms with Gasteiger partial charge in [-0.2, -0.15) is 0 Å². The van der Waals surface area contributed by atoms with Crippen molar-refractivity contribution in [3.63, 3.8) is 0 Å². The van der Waals surface area contributed by atoms with E-state index in [2.05, 4.69) is 11.4 Å². The van der Waals surface area contributed by atoms with Gasteiger partial charge < -0.3 is 20.4 Å². The van der Waals surface area contributed by atoms with Crippen molar-refractivity contribution in [1.29, 1.82) is 0 Å². The molecule has 5 nitrogen and oxygen atoms in total. The molecule has 1 aromatic carbocycles. The Balaban J connectivity index is 2.04. The first-order chi connectivity index (χ1) is 9.26. The van der Waals surface area contributed by atoms with Crippen molar-refractivity contribution in [2.45, 2.75) is 18.9 Å². The van der Waals surface area contributed by atoms with Crippen LogP contribution in [0.1, 0.15) is 12.0 Å². The molecular weight excluding hydrogens is 244 g/mol. The summed E-state index contributed by atoms with van der Waals surface area (Å²) in [6, 6.07) is 7.69. The maximum absolute atomic E-state index is 12.3. The van der Waals surface area contributed by atoms with Crippen molar-refractivity contribution in [2.75, 3.05) is 31.6 Å². The number of hydrogen-bond donors (Lipinski definition) is 3. The number of aryl methyl sites for hydroxylation is 1. The lowest BCUT2D eigenvalue weighted by Gasteiger charge is -2.31. The molecule has 0 aromatic heterocycles. The number of benzene rings is 1. The Kier molecular flexibility index (Phi) is 4.76. The first-order valence-electron chi connectivity index (χ1n) is 6.61. The summed E-state index contributed by atoms with van der Waals surface area (Å²) >= 11 is 0. The predicted octanol–water partition coefficient (Wildman–Crippen LogP) is 0.227. The van der Waals surface area contributed by atoms with Gasteiger partial charge >= 0.3 is 0 Å². The standard InChI is InChI=1S/C14H20N2O3/c17-9-7-16(8-10-18)14(19)13-6-5-11-3-1-2-4-12(11)15-13/h1-4,13,15,17-18H,5-10H2. The van der Waals surface area contributed by atoms with Gasteiger partial charge in [0.25, 0.3) is 0 Å². The normalized spacial score (nSPS) is 17.5. The van der Waals surface area contributed by atoms with Crippen LogP contribution in [0.5, 0.6) is 0 Å². The average Bonchev–Trinajstić information content (AvgIpc) is 2.46. The van der Waals surface area contributed by atoms with E-state index in [4.69, 9.17) is 10.2 Å². The number of nitrogens with one attached hydrogen (secondary N) is 1. The second-order valence-electron chi connectivity index (χ2n) is 4.67. The fourth-order valence-electron chi connectivity index (χ4n) is 2.42. The Hall–Kier alpha value is -1.59. The van der Waals surface area contributed by atoms with Crippen LogP contribution in [0.15, 0.2) is 24.3 Å². The van der Waals surface area contributed by atoms with Gasteiger partial charge in [-0.05, 0) is 24.5 Å². The second kappa shape index (κ2) is 6.54. The van der Waals surface area contributed by atoms with Crippen molar-refractivity contribution in [2.24, 2.45) is 0 Å². The van der Waals surface area contributed by atoms with Gasteiger partial charge in [0.15, 0.2) is 0 Å². The van der Waals surface area contributed by atoms with Gasteiger partial charge in [-0.1, -0.05) is 18.2 Å². The Morgan fingerprint density at radius 1 is 1.26 bits per heavy atom. The SMILES string of the molecule is O=C(C1CCc2ccccc2N1)N(CCO)CCO. The quantitative estimate of drug-likeness (QED) is 0.711. The molecule has 0 spiro atoms. The third-order valence-corrected chi connectivity index (χ3v) is 3.40. The Labute approximate surface area is 112 Å². The summed E-state index contributed by atoms with van der Waals surface area (Å²) in [5.41, 5.74) is 2.22. The first-order valence-corrected chi connectivity index (χ1v) is 6.61. The molecule has 0 bridgehead atoms. The molecule has 0 fully saturated rings. The largest absolute Gasteiger partial charge is 0.395 e. The summed E-state index contributed by atoms with van der Waals surface area (Å²) in [6.07, 6.45) is 1.61. The van der Waals surface area contributed by atoms with E-state index in [9.17, 15) is 4.79 Å². The number of carbonyl (C=O) groups is 1. The van der Waals surface area contributed by atoms with Gasteiger partial charge in [0.1, 0.15) is 6.04 Å². The van der Waals surface area contributed by atoms with Crippen molar-refractivity contribution in [3.8, 4) is 0 Å². The highest BCUT2D eigenvalue weighted by Crippen LogP contribution is 2.24. The molecule has 1 aromatic rings. The van der Waals surface area contributed by atoms with Gasteiger partial charge in [-0.15, -0.1) is 0 Å². The molecule has 0 saturated carbocycles. The summed E-state index contributed by atoms with van der Waals surface area (Å²) < 4.78 is 0. The zero-order chi connectivity index (χ0) is 13.7. The number of aliphatic hydroxyl groups is 2. The van der Waals surface area contributed by atoms with E-state index in [1.54, 1.807) is 0 Å². The van der Waals surface area contributed by atoms with Gasteiger partial charge in [-0.25, -0.2) is 0 Å². The van der Waals surface area contributed by atoms with E-state index in [-0.39, 0.29) is 38.3 Å². The van der Waals surface area contributed by atoms with Gasteiger partial charge in [0.05, 0.1) is 13.2 Å². The van der Waals surface area contributed by atoms with Crippen LogP contribution in [0.3, 0.4) is 0 Å². The Bertz CT molecular complexity index is 430. The summed E-state index contributed by atoms with van der Waals surface area (Å²) in [4.78, 5) is 13.8. The van der Waals surface area contributed by atoms with Crippen LogP contribution >= 0.6 is 0 Å². The lowest BCUT2D eigenvalue weighted by molar-refractivity contribution is -0.133. The highest BCUT2D eigenvalue weighted by Gasteiger charge is 2.27. The van der Waals surface area contributed by atoms with Crippen LogP contribution in [0.2, 0.25) is 0 Å². The fraction of sp³-hybridized carbons (Fsp3) is 0.500. The van der Waals surface area contributed by atoms with E-state index < -0.39 is 0 Å². The summed E-state index contributed by atoms with van der Waals surface area (Å²) in [7, 11) is 0. The zero-order valence-corrected chi connectivity index (χ0v) is 10.9. The molecule has 0 saturated heterocycles. The number of carbonyl (C=O) groups excluding carboxylic acids is 1. The number of anilines is 1. The summed E-state index contributed by atoms with van der Waals surface area (Å²) in [6.45, 7) is 0.350. The lowest BCUT2D eigenvalue weighted by Crippen LogP contribution is -2.46. The topological polar surface area (TPSA) is 72.8 Å². The highest BCUT2D eigenvalue weighted by molar-refractivity contribution is 5.85. The number of hydrogen-bond acceptors (Lipinski definition) is 4. The zero-order valence-electron chi connectivity index (χ0n) is 10.9. The summed E-state index contributed by atoms with van der Waals surface area (Å²) in [5, 5.41) is 21.2. The van der Waals surface area contributed by atoms with Gasteiger partial charge in [-0.3, -0.25) is 4.79 Å². The molecule has 19 heavy (non-hydrogen) atoms. The first kappa shape index (κ1) is 13.8.